The third-order valence-corrected chi connectivity index (χ3v) is 5.93. The van der Waals surface area contributed by atoms with E-state index in [0.29, 0.717) is 23.8 Å². The lowest BCUT2D eigenvalue weighted by atomic mass is 10.0. The lowest BCUT2D eigenvalue weighted by Gasteiger charge is -2.37. The monoisotopic (exact) mass is 573 g/mol. The van der Waals surface area contributed by atoms with Gasteiger partial charge in [0.15, 0.2) is 12.6 Å². The highest BCUT2D eigenvalue weighted by atomic mass is 127. The van der Waals surface area contributed by atoms with E-state index in [4.69, 9.17) is 9.47 Å². The molecule has 1 saturated heterocycles. The van der Waals surface area contributed by atoms with Crippen LogP contribution in [0.15, 0.2) is 29.3 Å². The van der Waals surface area contributed by atoms with Crippen molar-refractivity contribution in [3.05, 3.63) is 29.8 Å². The van der Waals surface area contributed by atoms with Crippen molar-refractivity contribution in [1.29, 1.82) is 0 Å². The van der Waals surface area contributed by atoms with E-state index in [9.17, 15) is 4.79 Å². The Bertz CT molecular complexity index is 734. The topological polar surface area (TPSA) is 87.2 Å². The minimum Gasteiger partial charge on any atom is -0.484 e. The molecule has 1 saturated carbocycles. The first kappa shape index (κ1) is 27.7. The van der Waals surface area contributed by atoms with E-state index < -0.39 is 0 Å². The smallest absolute Gasteiger partial charge is 0.258 e. The second kappa shape index (κ2) is 14.6. The number of rotatable bonds is 11. The summed E-state index contributed by atoms with van der Waals surface area (Å²) >= 11 is 0. The molecule has 1 aromatic carbocycles. The fourth-order valence-corrected chi connectivity index (χ4v) is 3.84. The number of amides is 1. The number of ether oxygens (including phenoxy) is 2. The second-order valence-electron chi connectivity index (χ2n) is 8.86. The molecule has 1 aliphatic heterocycles. The third-order valence-electron chi connectivity index (χ3n) is 5.93. The number of benzene rings is 1. The van der Waals surface area contributed by atoms with Crippen LogP contribution in [0.25, 0.3) is 0 Å². The molecule has 0 spiro atoms. The highest BCUT2D eigenvalue weighted by molar-refractivity contribution is 14.0. The number of guanidine groups is 1. The maximum Gasteiger partial charge on any atom is 0.258 e. The first-order valence-corrected chi connectivity index (χ1v) is 11.8. The van der Waals surface area contributed by atoms with Crippen LogP contribution in [0.4, 0.5) is 0 Å². The maximum absolute atomic E-state index is 11.7. The van der Waals surface area contributed by atoms with Crippen LogP contribution in [0, 0.1) is 5.92 Å². The van der Waals surface area contributed by atoms with Gasteiger partial charge in [-0.05, 0) is 42.9 Å². The van der Waals surface area contributed by atoms with Gasteiger partial charge in [0.2, 0.25) is 0 Å². The van der Waals surface area contributed by atoms with Crippen LogP contribution in [0.3, 0.4) is 0 Å². The van der Waals surface area contributed by atoms with Gasteiger partial charge >= 0.3 is 0 Å². The molecule has 1 atom stereocenters. The molecule has 8 nitrogen and oxygen atoms in total. The lowest BCUT2D eigenvalue weighted by Crippen LogP contribution is -2.52. The molecule has 1 unspecified atom stereocenters. The Balaban J connectivity index is 0.00000385. The number of nitrogens with one attached hydrogen (secondary N) is 3. The molecule has 2 aliphatic rings. The number of carbonyl (C=O) groups is 1. The Morgan fingerprint density at radius 3 is 2.48 bits per heavy atom. The molecule has 1 heterocycles. The van der Waals surface area contributed by atoms with Gasteiger partial charge in [-0.25, -0.2) is 0 Å². The van der Waals surface area contributed by atoms with Crippen molar-refractivity contribution in [3.63, 3.8) is 0 Å². The van der Waals surface area contributed by atoms with Gasteiger partial charge in [-0.15, -0.1) is 24.0 Å². The number of nitrogens with zero attached hydrogens (tertiary/aromatic N) is 2. The number of aliphatic imine (C=N–C) groups is 1. The van der Waals surface area contributed by atoms with Gasteiger partial charge in [-0.2, -0.15) is 0 Å². The van der Waals surface area contributed by atoms with E-state index in [1.54, 1.807) is 7.05 Å². The van der Waals surface area contributed by atoms with E-state index in [2.05, 4.69) is 39.7 Å². The van der Waals surface area contributed by atoms with Crippen molar-refractivity contribution in [3.8, 4) is 5.75 Å². The Kier molecular flexibility index (Phi) is 12.3. The summed E-state index contributed by atoms with van der Waals surface area (Å²) in [6, 6.07) is 8.74. The van der Waals surface area contributed by atoms with Gasteiger partial charge in [-0.3, -0.25) is 14.7 Å². The normalized spacial score (nSPS) is 17.8. The molecule has 0 bridgehead atoms. The summed E-state index contributed by atoms with van der Waals surface area (Å²) in [5.74, 6) is 2.05. The van der Waals surface area contributed by atoms with Gasteiger partial charge in [0.05, 0.1) is 13.2 Å². The number of halogens is 1. The Morgan fingerprint density at radius 1 is 1.18 bits per heavy atom. The SMILES string of the molecule is CN=C(NCCc1ccc(OCC(=O)NC2CC2)cc1)NCC(C(C)C)N1CCOCC1.I. The number of hydrogen-bond acceptors (Lipinski definition) is 5. The molecule has 3 N–H and O–H groups in total. The molecule has 0 aromatic heterocycles. The molecule has 1 aliphatic carbocycles. The van der Waals surface area contributed by atoms with Crippen molar-refractivity contribution < 1.29 is 14.3 Å². The van der Waals surface area contributed by atoms with E-state index >= 15 is 0 Å². The molecule has 1 amide bonds. The highest BCUT2D eigenvalue weighted by Crippen LogP contribution is 2.18. The maximum atomic E-state index is 11.7. The summed E-state index contributed by atoms with van der Waals surface area (Å²) in [5, 5.41) is 9.82. The molecule has 33 heavy (non-hydrogen) atoms. The number of hydrogen-bond donors (Lipinski definition) is 3. The van der Waals surface area contributed by atoms with Gasteiger partial charge in [0.25, 0.3) is 5.91 Å². The van der Waals surface area contributed by atoms with E-state index in [1.165, 1.54) is 5.56 Å². The largest absolute Gasteiger partial charge is 0.484 e. The average Bonchev–Trinajstić information content (AvgIpc) is 3.62. The van der Waals surface area contributed by atoms with Crippen LogP contribution in [0.2, 0.25) is 0 Å². The van der Waals surface area contributed by atoms with Crippen LogP contribution >= 0.6 is 24.0 Å². The fraction of sp³-hybridized carbons (Fsp3) is 0.667. The summed E-state index contributed by atoms with van der Waals surface area (Å²) in [5.41, 5.74) is 1.20. The fourth-order valence-electron chi connectivity index (χ4n) is 3.84. The average molecular weight is 574 g/mol. The summed E-state index contributed by atoms with van der Waals surface area (Å²) in [6.45, 7) is 9.85. The van der Waals surface area contributed by atoms with Gasteiger partial charge in [-0.1, -0.05) is 26.0 Å². The van der Waals surface area contributed by atoms with Crippen molar-refractivity contribution in [2.45, 2.75) is 45.2 Å². The minimum absolute atomic E-state index is 0. The molecule has 9 heteroatoms. The van der Waals surface area contributed by atoms with Crippen LogP contribution in [-0.4, -0.2) is 81.9 Å². The molecule has 3 rings (SSSR count). The van der Waals surface area contributed by atoms with Gasteiger partial charge in [0, 0.05) is 45.3 Å². The summed E-state index contributed by atoms with van der Waals surface area (Å²) < 4.78 is 11.1. The number of carbonyl (C=O) groups excluding carboxylic acids is 1. The van der Waals surface area contributed by atoms with Crippen LogP contribution in [0.1, 0.15) is 32.3 Å². The molecule has 1 aromatic rings. The highest BCUT2D eigenvalue weighted by Gasteiger charge is 2.24. The van der Waals surface area contributed by atoms with E-state index in [-0.39, 0.29) is 36.5 Å². The van der Waals surface area contributed by atoms with Crippen LogP contribution in [0.5, 0.6) is 5.75 Å². The summed E-state index contributed by atoms with van der Waals surface area (Å²) in [7, 11) is 1.81. The van der Waals surface area contributed by atoms with Crippen molar-refractivity contribution >= 4 is 35.8 Å². The standard InChI is InChI=1S/C24H39N5O3.HI/c1-18(2)22(29-12-14-31-15-13-29)16-27-24(25-3)26-11-10-19-4-8-21(9-5-19)32-17-23(30)28-20-6-7-20;/h4-5,8-9,18,20,22H,6-7,10-17H2,1-3H3,(H,28,30)(H2,25,26,27);1H. The molecule has 0 radical (unpaired) electrons. The molecular formula is C24H40IN5O3. The number of morpholine rings is 1. The van der Waals surface area contributed by atoms with Crippen LogP contribution < -0.4 is 20.7 Å². The Labute approximate surface area is 215 Å². The predicted molar refractivity (Wildman–Crippen MR) is 143 cm³/mol. The lowest BCUT2D eigenvalue weighted by molar-refractivity contribution is -0.123. The molecule has 186 valence electrons. The van der Waals surface area contributed by atoms with Crippen molar-refractivity contribution in [1.82, 2.24) is 20.9 Å². The summed E-state index contributed by atoms with van der Waals surface area (Å²) in [6.07, 6.45) is 3.04. The van der Waals surface area contributed by atoms with E-state index in [1.807, 2.05) is 24.3 Å². The van der Waals surface area contributed by atoms with Crippen molar-refractivity contribution in [2.75, 3.05) is 53.0 Å². The van der Waals surface area contributed by atoms with Crippen LogP contribution in [-0.2, 0) is 16.0 Å². The predicted octanol–water partition coefficient (Wildman–Crippen LogP) is 2.03. The molecule has 2 fully saturated rings. The third kappa shape index (κ3) is 10.1. The van der Waals surface area contributed by atoms with E-state index in [0.717, 1.165) is 64.6 Å². The minimum atomic E-state index is -0.0482. The summed E-state index contributed by atoms with van der Waals surface area (Å²) in [4.78, 5) is 18.6. The zero-order valence-electron chi connectivity index (χ0n) is 20.1. The van der Waals surface area contributed by atoms with Crippen molar-refractivity contribution in [2.24, 2.45) is 10.9 Å². The second-order valence-corrected chi connectivity index (χ2v) is 8.86. The first-order chi connectivity index (χ1) is 15.5. The quantitative estimate of drug-likeness (QED) is 0.214. The zero-order chi connectivity index (χ0) is 22.8. The Morgan fingerprint density at radius 2 is 1.88 bits per heavy atom. The first-order valence-electron chi connectivity index (χ1n) is 11.8. The van der Waals surface area contributed by atoms with Gasteiger partial charge in [0.1, 0.15) is 5.75 Å². The Hall–Kier alpha value is -1.59. The van der Waals surface area contributed by atoms with Gasteiger partial charge < -0.3 is 25.4 Å². The zero-order valence-corrected chi connectivity index (χ0v) is 22.5. The molecular weight excluding hydrogens is 533 g/mol.